The van der Waals surface area contributed by atoms with E-state index < -0.39 is 23.4 Å². The Labute approximate surface area is 179 Å². The molecule has 0 spiro atoms. The summed E-state index contributed by atoms with van der Waals surface area (Å²) in [7, 11) is 0. The van der Waals surface area contributed by atoms with Crippen molar-refractivity contribution in [2.45, 2.75) is 51.1 Å². The van der Waals surface area contributed by atoms with Gasteiger partial charge in [-0.25, -0.2) is 8.78 Å². The van der Waals surface area contributed by atoms with Crippen molar-refractivity contribution < 1.29 is 26.3 Å². The summed E-state index contributed by atoms with van der Waals surface area (Å²) < 4.78 is 78.0. The number of alkyl halides is 4. The summed E-state index contributed by atoms with van der Waals surface area (Å²) in [6.07, 6.45) is 5.95. The van der Waals surface area contributed by atoms with Crippen molar-refractivity contribution in [1.82, 2.24) is 0 Å². The number of allylic oxidation sites excluding steroid dienone is 2. The quantitative estimate of drug-likeness (QED) is 0.300. The van der Waals surface area contributed by atoms with E-state index in [-0.39, 0.29) is 12.2 Å². The average Bonchev–Trinajstić information content (AvgIpc) is 2.72. The normalized spacial score (nSPS) is 19.8. The van der Waals surface area contributed by atoms with Crippen molar-refractivity contribution in [3.05, 3.63) is 71.3 Å². The molecule has 6 heteroatoms. The summed E-state index contributed by atoms with van der Waals surface area (Å²) in [5.41, 5.74) is -0.230. The van der Waals surface area contributed by atoms with E-state index in [1.165, 1.54) is 0 Å². The molecule has 1 fully saturated rings. The molecule has 1 aliphatic rings. The van der Waals surface area contributed by atoms with E-state index in [1.807, 2.05) is 18.2 Å². The molecule has 2 aromatic rings. The summed E-state index contributed by atoms with van der Waals surface area (Å²) >= 11 is 0. The van der Waals surface area contributed by atoms with Gasteiger partial charge in [0.1, 0.15) is 17.2 Å². The maximum absolute atomic E-state index is 13.8. The third-order valence-electron chi connectivity index (χ3n) is 6.03. The van der Waals surface area contributed by atoms with Crippen molar-refractivity contribution in [2.75, 3.05) is 6.67 Å². The first-order valence-electron chi connectivity index (χ1n) is 10.7. The summed E-state index contributed by atoms with van der Waals surface area (Å²) in [4.78, 5) is 0. The van der Waals surface area contributed by atoms with Gasteiger partial charge in [-0.05, 0) is 85.6 Å². The van der Waals surface area contributed by atoms with Crippen LogP contribution in [0.1, 0.15) is 49.7 Å². The fraction of sp³-hybridized carbons (Fsp3) is 0.440. The number of rotatable bonds is 7. The summed E-state index contributed by atoms with van der Waals surface area (Å²) in [6, 6.07) is 8.53. The number of hydrogen-bond acceptors (Lipinski definition) is 0. The number of hydrogen-bond donors (Lipinski definition) is 0. The van der Waals surface area contributed by atoms with Crippen LogP contribution in [0.2, 0.25) is 0 Å². The Morgan fingerprint density at radius 3 is 2.03 bits per heavy atom. The Kier molecular flexibility index (Phi) is 7.84. The molecular formula is C25H26F6. The highest BCUT2D eigenvalue weighted by atomic mass is 19.4. The fourth-order valence-corrected chi connectivity index (χ4v) is 4.27. The van der Waals surface area contributed by atoms with E-state index in [1.54, 1.807) is 12.1 Å². The first kappa shape index (κ1) is 23.4. The van der Waals surface area contributed by atoms with E-state index in [0.29, 0.717) is 23.8 Å². The van der Waals surface area contributed by atoms with Crippen LogP contribution in [0, 0.1) is 23.5 Å². The molecular weight excluding hydrogens is 414 g/mol. The van der Waals surface area contributed by atoms with Crippen LogP contribution in [0.4, 0.5) is 26.3 Å². The molecule has 3 rings (SSSR count). The van der Waals surface area contributed by atoms with Gasteiger partial charge in [0.05, 0.1) is 6.67 Å². The summed E-state index contributed by atoms with van der Waals surface area (Å²) in [5.74, 6) is -2.03. The second kappa shape index (κ2) is 10.4. The van der Waals surface area contributed by atoms with Crippen molar-refractivity contribution in [2.24, 2.45) is 11.8 Å². The lowest BCUT2D eigenvalue weighted by atomic mass is 9.79. The molecule has 1 saturated carbocycles. The van der Waals surface area contributed by atoms with Crippen LogP contribution in [0.25, 0.3) is 11.1 Å². The third-order valence-corrected chi connectivity index (χ3v) is 6.03. The maximum atomic E-state index is 13.8. The highest BCUT2D eigenvalue weighted by Crippen LogP contribution is 2.36. The number of benzene rings is 2. The minimum absolute atomic E-state index is 0.0775. The molecule has 0 N–H and O–H groups in total. The topological polar surface area (TPSA) is 0 Å². The predicted octanol–water partition coefficient (Wildman–Crippen LogP) is 8.31. The van der Waals surface area contributed by atoms with E-state index >= 15 is 0 Å². The smallest absolute Gasteiger partial charge is 0.251 e. The van der Waals surface area contributed by atoms with Crippen molar-refractivity contribution in [3.8, 4) is 11.1 Å². The maximum Gasteiger partial charge on any atom is 0.422 e. The lowest BCUT2D eigenvalue weighted by molar-refractivity contribution is -0.142. The molecule has 0 saturated heterocycles. The Balaban J connectivity index is 1.56. The average molecular weight is 440 g/mol. The molecule has 0 radical (unpaired) electrons. The van der Waals surface area contributed by atoms with Crippen LogP contribution in [0.5, 0.6) is 0 Å². The van der Waals surface area contributed by atoms with Gasteiger partial charge in [-0.2, -0.15) is 13.2 Å². The molecule has 0 amide bonds. The van der Waals surface area contributed by atoms with Crippen molar-refractivity contribution >= 4 is 0 Å². The zero-order chi connectivity index (χ0) is 22.4. The monoisotopic (exact) mass is 440 g/mol. The van der Waals surface area contributed by atoms with Crippen molar-refractivity contribution in [1.29, 1.82) is 0 Å². The van der Waals surface area contributed by atoms with Gasteiger partial charge in [-0.15, -0.1) is 0 Å². The molecule has 0 atom stereocenters. The highest BCUT2D eigenvalue weighted by molar-refractivity contribution is 5.64. The van der Waals surface area contributed by atoms with Crippen LogP contribution in [0.15, 0.2) is 48.6 Å². The van der Waals surface area contributed by atoms with Gasteiger partial charge in [0.15, 0.2) is 0 Å². The van der Waals surface area contributed by atoms with E-state index in [2.05, 4.69) is 6.08 Å². The summed E-state index contributed by atoms with van der Waals surface area (Å²) in [5, 5.41) is 0. The fourth-order valence-electron chi connectivity index (χ4n) is 4.27. The lowest BCUT2D eigenvalue weighted by Crippen LogP contribution is -2.13. The van der Waals surface area contributed by atoms with Crippen molar-refractivity contribution in [3.63, 3.8) is 0 Å². The first-order valence-corrected chi connectivity index (χ1v) is 10.7. The van der Waals surface area contributed by atoms with Crippen LogP contribution in [-0.4, -0.2) is 6.67 Å². The number of aryl methyl sites for hydroxylation is 1. The molecule has 2 aromatic carbocycles. The van der Waals surface area contributed by atoms with Gasteiger partial charge in [-0.1, -0.05) is 36.4 Å². The van der Waals surface area contributed by atoms with Gasteiger partial charge in [0.2, 0.25) is 0 Å². The van der Waals surface area contributed by atoms with Crippen LogP contribution < -0.4 is 0 Å². The van der Waals surface area contributed by atoms with E-state index in [0.717, 1.165) is 56.2 Å². The molecule has 0 nitrogen and oxygen atoms in total. The second-order valence-electron chi connectivity index (χ2n) is 8.23. The third kappa shape index (κ3) is 6.37. The molecule has 0 aromatic heterocycles. The zero-order valence-electron chi connectivity index (χ0n) is 17.2. The number of halogens is 6. The largest absolute Gasteiger partial charge is 0.422 e. The predicted molar refractivity (Wildman–Crippen MR) is 110 cm³/mol. The molecule has 31 heavy (non-hydrogen) atoms. The summed E-state index contributed by atoms with van der Waals surface area (Å²) in [6.45, 7) is -0.312. The molecule has 0 aliphatic heterocycles. The Hall–Kier alpha value is -2.24. The molecule has 0 unspecified atom stereocenters. The second-order valence-corrected chi connectivity index (χ2v) is 8.23. The molecule has 0 bridgehead atoms. The minimum atomic E-state index is -5.07. The SMILES string of the molecule is FCC/C=C/C1CCC(CCc2ccc(-c3cc(F)c(C(F)(F)F)c(F)c3)cc2)CC1. The first-order chi connectivity index (χ1) is 14.8. The van der Waals surface area contributed by atoms with Gasteiger partial charge in [-0.3, -0.25) is 4.39 Å². The minimum Gasteiger partial charge on any atom is -0.251 e. The lowest BCUT2D eigenvalue weighted by Gasteiger charge is -2.26. The van der Waals surface area contributed by atoms with Gasteiger partial charge in [0.25, 0.3) is 0 Å². The van der Waals surface area contributed by atoms with Gasteiger partial charge >= 0.3 is 6.18 Å². The van der Waals surface area contributed by atoms with Crippen LogP contribution in [-0.2, 0) is 12.6 Å². The van der Waals surface area contributed by atoms with Gasteiger partial charge in [0, 0.05) is 0 Å². The standard InChI is InChI=1S/C25H26F6/c26-14-2-1-3-17-4-6-18(7-5-17)8-9-19-10-12-20(13-11-19)21-15-22(27)24(23(28)16-21)25(29,30)31/h1,3,10-13,15-18H,2,4-9,14H2/b3-1+. The Morgan fingerprint density at radius 1 is 0.871 bits per heavy atom. The molecule has 0 heterocycles. The van der Waals surface area contributed by atoms with Crippen LogP contribution in [0.3, 0.4) is 0 Å². The van der Waals surface area contributed by atoms with Crippen LogP contribution >= 0.6 is 0 Å². The van der Waals surface area contributed by atoms with Gasteiger partial charge < -0.3 is 0 Å². The molecule has 168 valence electrons. The van der Waals surface area contributed by atoms with E-state index in [4.69, 9.17) is 0 Å². The zero-order valence-corrected chi connectivity index (χ0v) is 17.2. The van der Waals surface area contributed by atoms with E-state index in [9.17, 15) is 26.3 Å². The molecule has 1 aliphatic carbocycles. The Morgan fingerprint density at radius 2 is 1.48 bits per heavy atom. The Bertz CT molecular complexity index is 851. The highest BCUT2D eigenvalue weighted by Gasteiger charge is 2.37.